The third-order valence-corrected chi connectivity index (χ3v) is 7.79. The summed E-state index contributed by atoms with van der Waals surface area (Å²) in [6, 6.07) is 14.0. The van der Waals surface area contributed by atoms with Crippen molar-refractivity contribution in [2.24, 2.45) is 0 Å². The third kappa shape index (κ3) is 6.08. The number of hydrogen-bond acceptors (Lipinski definition) is 4. The van der Waals surface area contributed by atoms with Crippen molar-refractivity contribution < 1.29 is 17.9 Å². The Kier molecular flexibility index (Phi) is 8.14. The van der Waals surface area contributed by atoms with Crippen LogP contribution in [0.25, 0.3) is 0 Å². The number of carbonyl (C=O) groups excluding carboxylic acids is 1. The second-order valence-corrected chi connectivity index (χ2v) is 11.4. The van der Waals surface area contributed by atoms with Crippen molar-refractivity contribution in [2.75, 3.05) is 11.8 Å². The van der Waals surface area contributed by atoms with Crippen LogP contribution in [-0.2, 0) is 10.0 Å². The number of hydrogen-bond donors (Lipinski definition) is 2. The van der Waals surface area contributed by atoms with Gasteiger partial charge in [0.15, 0.2) is 0 Å². The highest BCUT2D eigenvalue weighted by atomic mass is 32.2. The molecule has 0 fully saturated rings. The molecule has 36 heavy (non-hydrogen) atoms. The first-order chi connectivity index (χ1) is 16.8. The summed E-state index contributed by atoms with van der Waals surface area (Å²) in [6.07, 6.45) is 0. The van der Waals surface area contributed by atoms with Crippen molar-refractivity contribution in [3.63, 3.8) is 0 Å². The van der Waals surface area contributed by atoms with Crippen LogP contribution >= 0.6 is 0 Å². The summed E-state index contributed by atoms with van der Waals surface area (Å²) in [5, 5.41) is 3.02. The second-order valence-electron chi connectivity index (χ2n) is 9.76. The van der Waals surface area contributed by atoms with E-state index >= 15 is 0 Å². The lowest BCUT2D eigenvalue weighted by atomic mass is 9.93. The van der Waals surface area contributed by atoms with Crippen molar-refractivity contribution in [1.82, 2.24) is 5.32 Å². The Labute approximate surface area is 215 Å². The number of amides is 1. The van der Waals surface area contributed by atoms with Gasteiger partial charge in [-0.25, -0.2) is 8.42 Å². The highest BCUT2D eigenvalue weighted by Gasteiger charge is 2.22. The van der Waals surface area contributed by atoms with Crippen LogP contribution < -0.4 is 14.8 Å². The molecule has 6 nitrogen and oxygen atoms in total. The van der Waals surface area contributed by atoms with Crippen LogP contribution in [0.2, 0.25) is 0 Å². The predicted molar refractivity (Wildman–Crippen MR) is 146 cm³/mol. The molecule has 2 N–H and O–H groups in total. The fraction of sp³-hybridized carbons (Fsp3) is 0.345. The maximum absolute atomic E-state index is 13.2. The minimum atomic E-state index is -3.89. The summed E-state index contributed by atoms with van der Waals surface area (Å²) in [5.41, 5.74) is 6.32. The Morgan fingerprint density at radius 3 is 2.06 bits per heavy atom. The van der Waals surface area contributed by atoms with Crippen molar-refractivity contribution >= 4 is 21.6 Å². The number of aryl methyl sites for hydroxylation is 4. The number of methoxy groups -OCH3 is 1. The first kappa shape index (κ1) is 27.3. The maximum atomic E-state index is 13.2. The van der Waals surface area contributed by atoms with E-state index in [1.165, 1.54) is 6.07 Å². The Balaban J connectivity index is 1.88. The summed E-state index contributed by atoms with van der Waals surface area (Å²) in [6.45, 7) is 13.6. The number of ether oxygens (including phenoxy) is 1. The number of benzene rings is 3. The molecule has 192 valence electrons. The summed E-state index contributed by atoms with van der Waals surface area (Å²) in [7, 11) is -2.23. The van der Waals surface area contributed by atoms with E-state index in [1.54, 1.807) is 38.3 Å². The molecule has 0 spiro atoms. The molecular weight excluding hydrogens is 472 g/mol. The average molecular weight is 509 g/mol. The zero-order chi connectivity index (χ0) is 26.8. The average Bonchev–Trinajstić information content (AvgIpc) is 2.77. The van der Waals surface area contributed by atoms with Crippen LogP contribution in [0.1, 0.15) is 76.5 Å². The fourth-order valence-electron chi connectivity index (χ4n) is 4.44. The monoisotopic (exact) mass is 508 g/mol. The molecule has 3 aromatic rings. The minimum Gasteiger partial charge on any atom is -0.496 e. The molecule has 0 aromatic heterocycles. The SMILES string of the molecule is COc1cc(C)c([C@@H](C)NC(=O)c2ccc(C)c(S(=O)(=O)Nc3cc(C)cc(C)c3)c2)cc1C(C)C. The molecule has 1 atom stereocenters. The summed E-state index contributed by atoms with van der Waals surface area (Å²) in [5.74, 6) is 0.748. The molecule has 0 radical (unpaired) electrons. The van der Waals surface area contributed by atoms with Crippen molar-refractivity contribution in [1.29, 1.82) is 0 Å². The van der Waals surface area contributed by atoms with E-state index in [1.807, 2.05) is 39.8 Å². The van der Waals surface area contributed by atoms with Crippen LogP contribution in [-0.4, -0.2) is 21.4 Å². The van der Waals surface area contributed by atoms with Gasteiger partial charge in [0.25, 0.3) is 15.9 Å². The molecule has 0 saturated heterocycles. The van der Waals surface area contributed by atoms with E-state index < -0.39 is 10.0 Å². The molecule has 3 aromatic carbocycles. The Bertz CT molecular complexity index is 1370. The maximum Gasteiger partial charge on any atom is 0.262 e. The van der Waals surface area contributed by atoms with Crippen LogP contribution in [0, 0.1) is 27.7 Å². The van der Waals surface area contributed by atoms with Crippen molar-refractivity contribution in [2.45, 2.75) is 65.3 Å². The highest BCUT2D eigenvalue weighted by Crippen LogP contribution is 2.32. The highest BCUT2D eigenvalue weighted by molar-refractivity contribution is 7.92. The van der Waals surface area contributed by atoms with E-state index in [-0.39, 0.29) is 28.3 Å². The van der Waals surface area contributed by atoms with Gasteiger partial charge >= 0.3 is 0 Å². The molecule has 0 saturated carbocycles. The zero-order valence-corrected chi connectivity index (χ0v) is 23.1. The van der Waals surface area contributed by atoms with Crippen LogP contribution in [0.3, 0.4) is 0 Å². The third-order valence-electron chi connectivity index (χ3n) is 6.27. The normalized spacial score (nSPS) is 12.4. The molecule has 0 aliphatic rings. The lowest BCUT2D eigenvalue weighted by Crippen LogP contribution is -2.27. The Morgan fingerprint density at radius 1 is 0.833 bits per heavy atom. The van der Waals surface area contributed by atoms with Crippen LogP contribution in [0.5, 0.6) is 5.75 Å². The van der Waals surface area contributed by atoms with Gasteiger partial charge in [0, 0.05) is 11.3 Å². The lowest BCUT2D eigenvalue weighted by Gasteiger charge is -2.21. The van der Waals surface area contributed by atoms with E-state index in [0.29, 0.717) is 11.3 Å². The summed E-state index contributed by atoms with van der Waals surface area (Å²) >= 11 is 0. The molecule has 1 amide bonds. The second kappa shape index (κ2) is 10.7. The quantitative estimate of drug-likeness (QED) is 0.372. The molecule has 0 aliphatic heterocycles. The van der Waals surface area contributed by atoms with E-state index in [9.17, 15) is 13.2 Å². The van der Waals surface area contributed by atoms with E-state index in [2.05, 4.69) is 30.0 Å². The number of rotatable bonds is 8. The Morgan fingerprint density at radius 2 is 1.47 bits per heavy atom. The van der Waals surface area contributed by atoms with Gasteiger partial charge in [-0.05, 0) is 110 Å². The molecule has 0 heterocycles. The van der Waals surface area contributed by atoms with Gasteiger partial charge in [-0.2, -0.15) is 0 Å². The van der Waals surface area contributed by atoms with Gasteiger partial charge in [0.05, 0.1) is 18.0 Å². The molecule has 0 unspecified atom stereocenters. The van der Waals surface area contributed by atoms with Gasteiger partial charge in [0.1, 0.15) is 5.75 Å². The zero-order valence-electron chi connectivity index (χ0n) is 22.3. The number of anilines is 1. The number of sulfonamides is 1. The minimum absolute atomic E-state index is 0.0738. The molecule has 7 heteroatoms. The van der Waals surface area contributed by atoms with Gasteiger partial charge in [-0.1, -0.05) is 26.0 Å². The van der Waals surface area contributed by atoms with Crippen LogP contribution in [0.4, 0.5) is 5.69 Å². The van der Waals surface area contributed by atoms with Gasteiger partial charge in [-0.15, -0.1) is 0 Å². The van der Waals surface area contributed by atoms with E-state index in [0.717, 1.165) is 33.6 Å². The Hall–Kier alpha value is -3.32. The van der Waals surface area contributed by atoms with Gasteiger partial charge in [0.2, 0.25) is 0 Å². The first-order valence-electron chi connectivity index (χ1n) is 12.0. The smallest absolute Gasteiger partial charge is 0.262 e. The van der Waals surface area contributed by atoms with Gasteiger partial charge < -0.3 is 10.1 Å². The predicted octanol–water partition coefficient (Wildman–Crippen LogP) is 6.34. The first-order valence-corrected chi connectivity index (χ1v) is 13.5. The fourth-order valence-corrected chi connectivity index (χ4v) is 5.75. The summed E-state index contributed by atoms with van der Waals surface area (Å²) < 4.78 is 34.6. The standard InChI is InChI=1S/C29H36N2O4S/c1-17(2)25-16-26(21(6)14-27(25)35-8)22(7)30-29(32)23-10-9-20(5)28(15-23)36(33,34)31-24-12-18(3)11-19(4)13-24/h9-17,22,31H,1-8H3,(H,30,32)/t22-/m1/s1. The number of nitrogens with one attached hydrogen (secondary N) is 2. The molecule has 0 aliphatic carbocycles. The lowest BCUT2D eigenvalue weighted by molar-refractivity contribution is 0.0939. The number of carbonyl (C=O) groups is 1. The topological polar surface area (TPSA) is 84.5 Å². The largest absolute Gasteiger partial charge is 0.496 e. The summed E-state index contributed by atoms with van der Waals surface area (Å²) in [4.78, 5) is 13.2. The van der Waals surface area contributed by atoms with E-state index in [4.69, 9.17) is 4.74 Å². The van der Waals surface area contributed by atoms with Crippen molar-refractivity contribution in [3.05, 3.63) is 87.5 Å². The molecular formula is C29H36N2O4S. The molecule has 0 bridgehead atoms. The van der Waals surface area contributed by atoms with Crippen LogP contribution in [0.15, 0.2) is 53.4 Å². The van der Waals surface area contributed by atoms with Crippen molar-refractivity contribution in [3.8, 4) is 5.75 Å². The van der Waals surface area contributed by atoms with Gasteiger partial charge in [-0.3, -0.25) is 9.52 Å². The molecule has 3 rings (SSSR count).